The van der Waals surface area contributed by atoms with Gasteiger partial charge in [0.1, 0.15) is 5.82 Å². The number of imide groups is 1. The van der Waals surface area contributed by atoms with Gasteiger partial charge in [0.05, 0.1) is 27.9 Å². The average molecular weight is 393 g/mol. The maximum Gasteiger partial charge on any atom is 0.267 e. The molecule has 0 saturated carbocycles. The number of amides is 2. The molecule has 136 valence electrons. The Morgan fingerprint density at radius 2 is 1.68 bits per heavy atom. The van der Waals surface area contributed by atoms with Gasteiger partial charge in [-0.15, -0.1) is 0 Å². The molecule has 2 aromatic carbocycles. The van der Waals surface area contributed by atoms with E-state index in [1.54, 1.807) is 36.4 Å². The Labute approximate surface area is 162 Å². The molecule has 5 rings (SSSR count). The van der Waals surface area contributed by atoms with E-state index in [4.69, 9.17) is 11.6 Å². The van der Waals surface area contributed by atoms with Crippen LogP contribution in [0.25, 0.3) is 22.3 Å². The number of pyridine rings is 1. The summed E-state index contributed by atoms with van der Waals surface area (Å²) in [4.78, 5) is 31.4. The number of aromatic amines is 1. The van der Waals surface area contributed by atoms with Gasteiger partial charge in [-0.2, -0.15) is 5.10 Å². The minimum Gasteiger partial charge on any atom is -0.275 e. The van der Waals surface area contributed by atoms with Crippen LogP contribution in [0.4, 0.5) is 10.1 Å². The lowest BCUT2D eigenvalue weighted by molar-refractivity contribution is 0.0926. The average Bonchev–Trinajstić information content (AvgIpc) is 3.23. The Morgan fingerprint density at radius 1 is 0.964 bits per heavy atom. The number of benzene rings is 2. The molecule has 2 amide bonds. The minimum atomic E-state index is -0.473. The van der Waals surface area contributed by atoms with Gasteiger partial charge in [0.2, 0.25) is 0 Å². The first-order chi connectivity index (χ1) is 13.5. The van der Waals surface area contributed by atoms with E-state index in [-0.39, 0.29) is 16.9 Å². The number of H-pyrrole nitrogens is 1. The van der Waals surface area contributed by atoms with Crippen molar-refractivity contribution in [2.45, 2.75) is 0 Å². The van der Waals surface area contributed by atoms with Crippen LogP contribution in [0.2, 0.25) is 5.02 Å². The van der Waals surface area contributed by atoms with Crippen LogP contribution in [0.5, 0.6) is 0 Å². The fourth-order valence-electron chi connectivity index (χ4n) is 3.35. The topological polar surface area (TPSA) is 79.0 Å². The third-order valence-corrected chi connectivity index (χ3v) is 4.90. The first-order valence-corrected chi connectivity index (χ1v) is 8.70. The lowest BCUT2D eigenvalue weighted by Crippen LogP contribution is -2.29. The van der Waals surface area contributed by atoms with Crippen LogP contribution in [0.3, 0.4) is 0 Å². The van der Waals surface area contributed by atoms with Crippen LogP contribution in [0.1, 0.15) is 20.7 Å². The largest absolute Gasteiger partial charge is 0.275 e. The van der Waals surface area contributed by atoms with Crippen LogP contribution in [0, 0.1) is 5.82 Å². The highest BCUT2D eigenvalue weighted by Gasteiger charge is 2.39. The number of nitrogens with zero attached hydrogens (tertiary/aromatic N) is 3. The molecule has 1 N–H and O–H groups in total. The van der Waals surface area contributed by atoms with Crippen LogP contribution >= 0.6 is 11.6 Å². The molecule has 0 radical (unpaired) electrons. The Bertz CT molecular complexity index is 1270. The predicted octanol–water partition coefficient (Wildman–Crippen LogP) is 4.22. The quantitative estimate of drug-likeness (QED) is 0.518. The number of nitrogens with one attached hydrogen (secondary N) is 1. The van der Waals surface area contributed by atoms with Crippen LogP contribution < -0.4 is 4.90 Å². The molecule has 8 heteroatoms. The summed E-state index contributed by atoms with van der Waals surface area (Å²) in [5.74, 6) is -1.32. The van der Waals surface area contributed by atoms with Crippen molar-refractivity contribution in [2.24, 2.45) is 0 Å². The second-order valence-electron chi connectivity index (χ2n) is 6.27. The van der Waals surface area contributed by atoms with Crippen molar-refractivity contribution in [1.29, 1.82) is 0 Å². The number of rotatable bonds is 2. The predicted molar refractivity (Wildman–Crippen MR) is 102 cm³/mol. The monoisotopic (exact) mass is 392 g/mol. The Balaban J connectivity index is 1.72. The molecule has 4 aromatic rings. The molecule has 0 bridgehead atoms. The number of carbonyl (C=O) groups excluding carboxylic acids is 2. The van der Waals surface area contributed by atoms with Crippen LogP contribution in [0.15, 0.2) is 54.7 Å². The maximum atomic E-state index is 13.3. The zero-order valence-electron chi connectivity index (χ0n) is 14.1. The summed E-state index contributed by atoms with van der Waals surface area (Å²) in [5, 5.41) is 7.90. The van der Waals surface area contributed by atoms with Gasteiger partial charge < -0.3 is 0 Å². The zero-order valence-corrected chi connectivity index (χ0v) is 14.9. The van der Waals surface area contributed by atoms with Gasteiger partial charge in [0.25, 0.3) is 11.8 Å². The number of hydrogen-bond donors (Lipinski definition) is 1. The maximum absolute atomic E-state index is 13.3. The summed E-state index contributed by atoms with van der Waals surface area (Å²) >= 11 is 5.91. The van der Waals surface area contributed by atoms with Gasteiger partial charge >= 0.3 is 0 Å². The van der Waals surface area contributed by atoms with Crippen molar-refractivity contribution in [3.63, 3.8) is 0 Å². The number of fused-ring (bicyclic) bond motifs is 3. The second-order valence-corrected chi connectivity index (χ2v) is 6.71. The molecule has 0 atom stereocenters. The van der Waals surface area contributed by atoms with Crippen molar-refractivity contribution < 1.29 is 14.0 Å². The summed E-state index contributed by atoms with van der Waals surface area (Å²) < 4.78 is 13.3. The Morgan fingerprint density at radius 3 is 2.39 bits per heavy atom. The van der Waals surface area contributed by atoms with Gasteiger partial charge in [-0.25, -0.2) is 14.3 Å². The summed E-state index contributed by atoms with van der Waals surface area (Å²) in [6.07, 6.45) is 1.35. The number of carbonyl (C=O) groups is 2. The van der Waals surface area contributed by atoms with Crippen LogP contribution in [-0.2, 0) is 0 Å². The highest BCUT2D eigenvalue weighted by Crippen LogP contribution is 2.36. The molecule has 1 aliphatic heterocycles. The van der Waals surface area contributed by atoms with E-state index in [2.05, 4.69) is 15.2 Å². The van der Waals surface area contributed by atoms with E-state index in [9.17, 15) is 14.0 Å². The van der Waals surface area contributed by atoms with Gasteiger partial charge in [0, 0.05) is 16.8 Å². The summed E-state index contributed by atoms with van der Waals surface area (Å²) in [7, 11) is 0. The molecule has 0 aliphatic carbocycles. The Kier molecular flexibility index (Phi) is 3.53. The molecule has 6 nitrogen and oxygen atoms in total. The van der Waals surface area contributed by atoms with E-state index >= 15 is 0 Å². The molecular formula is C20H10ClFN4O2. The lowest BCUT2D eigenvalue weighted by atomic mass is 10.0. The number of anilines is 1. The number of hydrogen-bond acceptors (Lipinski definition) is 4. The lowest BCUT2D eigenvalue weighted by Gasteiger charge is -2.13. The van der Waals surface area contributed by atoms with E-state index in [1.807, 2.05) is 0 Å². The standard InChI is InChI=1S/C20H10ClFN4O2/c21-11-3-7-13(8-4-11)26-19(27)14-9-23-18-16(15(14)20(26)28)17(24-25-18)10-1-5-12(22)6-2-10/h1-9H,(H,23,24,25). The van der Waals surface area contributed by atoms with E-state index in [1.165, 1.54) is 18.3 Å². The molecule has 0 fully saturated rings. The van der Waals surface area contributed by atoms with E-state index < -0.39 is 11.8 Å². The summed E-state index contributed by atoms with van der Waals surface area (Å²) in [6, 6.07) is 12.2. The molecule has 2 aromatic heterocycles. The zero-order chi connectivity index (χ0) is 19.4. The third-order valence-electron chi connectivity index (χ3n) is 4.65. The van der Waals surface area contributed by atoms with Crippen molar-refractivity contribution >= 4 is 40.1 Å². The fraction of sp³-hybridized carbons (Fsp3) is 0. The van der Waals surface area contributed by atoms with Gasteiger partial charge in [0.15, 0.2) is 5.65 Å². The van der Waals surface area contributed by atoms with Gasteiger partial charge in [-0.3, -0.25) is 14.7 Å². The van der Waals surface area contributed by atoms with Crippen molar-refractivity contribution in [1.82, 2.24) is 15.2 Å². The minimum absolute atomic E-state index is 0.192. The molecular weight excluding hydrogens is 383 g/mol. The molecule has 1 aliphatic rings. The highest BCUT2D eigenvalue weighted by molar-refractivity contribution is 6.38. The number of halogens is 2. The summed E-state index contributed by atoms with van der Waals surface area (Å²) in [6.45, 7) is 0. The van der Waals surface area contributed by atoms with Gasteiger partial charge in [-0.05, 0) is 48.5 Å². The third kappa shape index (κ3) is 2.33. The molecule has 3 heterocycles. The second kappa shape index (κ2) is 5.97. The van der Waals surface area contributed by atoms with Crippen molar-refractivity contribution in [2.75, 3.05) is 4.90 Å². The van der Waals surface area contributed by atoms with Crippen LogP contribution in [-0.4, -0.2) is 27.0 Å². The fourth-order valence-corrected chi connectivity index (χ4v) is 3.47. The van der Waals surface area contributed by atoms with Crippen molar-refractivity contribution in [3.8, 4) is 11.3 Å². The smallest absolute Gasteiger partial charge is 0.267 e. The van der Waals surface area contributed by atoms with Gasteiger partial charge in [-0.1, -0.05) is 11.6 Å². The Hall–Kier alpha value is -3.58. The normalized spacial score (nSPS) is 13.4. The van der Waals surface area contributed by atoms with Crippen molar-refractivity contribution in [3.05, 3.63) is 76.7 Å². The molecule has 0 saturated heterocycles. The highest BCUT2D eigenvalue weighted by atomic mass is 35.5. The first-order valence-electron chi connectivity index (χ1n) is 8.32. The molecule has 0 unspecified atom stereocenters. The van der Waals surface area contributed by atoms with E-state index in [0.29, 0.717) is 33.0 Å². The van der Waals surface area contributed by atoms with E-state index in [0.717, 1.165) is 4.90 Å². The molecule has 0 spiro atoms. The first kappa shape index (κ1) is 16.6. The summed E-state index contributed by atoms with van der Waals surface area (Å²) in [5.41, 5.74) is 2.26. The molecule has 28 heavy (non-hydrogen) atoms. The SMILES string of the molecule is O=C1c2cnc3n[nH]c(-c4ccc(F)cc4)c3c2C(=O)N1c1ccc(Cl)cc1. The number of aromatic nitrogens is 3.